The number of rotatable bonds is 3. The Balaban J connectivity index is 3.23. The predicted molar refractivity (Wildman–Crippen MR) is 67.2 cm³/mol. The molecule has 1 aromatic carbocycles. The van der Waals surface area contributed by atoms with Crippen LogP contribution in [0.3, 0.4) is 0 Å². The van der Waals surface area contributed by atoms with Gasteiger partial charge in [-0.15, -0.1) is 0 Å². The maximum atomic E-state index is 12.7. The molecule has 0 atom stereocenters. The topological polar surface area (TPSA) is 15.6 Å². The number of hydrazone groups is 1. The molecule has 0 bridgehead atoms. The lowest BCUT2D eigenvalue weighted by Gasteiger charge is -2.15. The van der Waals surface area contributed by atoms with Crippen LogP contribution in [0.1, 0.15) is 5.56 Å². The summed E-state index contributed by atoms with van der Waals surface area (Å²) in [5, 5.41) is 5.13. The van der Waals surface area contributed by atoms with Crippen molar-refractivity contribution in [2.45, 2.75) is 6.18 Å². The molecule has 0 aliphatic heterocycles. The van der Waals surface area contributed by atoms with Crippen LogP contribution >= 0.6 is 0 Å². The normalized spacial score (nSPS) is 12.4. The molecule has 2 nitrogen and oxygen atoms in total. The van der Waals surface area contributed by atoms with Gasteiger partial charge in [0, 0.05) is 19.7 Å². The van der Waals surface area contributed by atoms with Crippen LogP contribution in [0.25, 0.3) is 0 Å². The molecule has 0 unspecified atom stereocenters. The van der Waals surface area contributed by atoms with Crippen LogP contribution in [0.5, 0.6) is 0 Å². The molecule has 0 aliphatic rings. The summed E-state index contributed by atoms with van der Waals surface area (Å²) >= 11 is 0. The van der Waals surface area contributed by atoms with Gasteiger partial charge in [-0.1, -0.05) is 36.3 Å². The van der Waals surface area contributed by atoms with Gasteiger partial charge in [0.1, 0.15) is 13.6 Å². The molecular formula is C12H12BF3N2. The van der Waals surface area contributed by atoms with Crippen molar-refractivity contribution >= 4 is 19.0 Å². The fourth-order valence-electron chi connectivity index (χ4n) is 1.27. The zero-order valence-electron chi connectivity index (χ0n) is 10.1. The van der Waals surface area contributed by atoms with E-state index in [-0.39, 0.29) is 5.71 Å². The molecule has 1 rings (SSSR count). The van der Waals surface area contributed by atoms with Crippen molar-refractivity contribution in [3.63, 3.8) is 0 Å². The highest BCUT2D eigenvalue weighted by atomic mass is 19.4. The Kier molecular flexibility index (Phi) is 4.22. The van der Waals surface area contributed by atoms with Gasteiger partial charge >= 0.3 is 6.18 Å². The van der Waals surface area contributed by atoms with E-state index < -0.39 is 11.7 Å². The van der Waals surface area contributed by atoms with E-state index in [1.165, 1.54) is 29.3 Å². The lowest BCUT2D eigenvalue weighted by atomic mass is 9.93. The van der Waals surface area contributed by atoms with Crippen LogP contribution < -0.4 is 5.46 Å². The fourth-order valence-corrected chi connectivity index (χ4v) is 1.27. The first-order valence-corrected chi connectivity index (χ1v) is 5.10. The highest BCUT2D eigenvalue weighted by molar-refractivity contribution is 6.32. The molecule has 94 valence electrons. The highest BCUT2D eigenvalue weighted by Crippen LogP contribution is 2.27. The lowest BCUT2D eigenvalue weighted by Crippen LogP contribution is -2.22. The van der Waals surface area contributed by atoms with Crippen molar-refractivity contribution < 1.29 is 13.2 Å². The van der Waals surface area contributed by atoms with E-state index >= 15 is 0 Å². The quantitative estimate of drug-likeness (QED) is 0.455. The Labute approximate surface area is 105 Å². The first kappa shape index (κ1) is 14.3. The third-order valence-corrected chi connectivity index (χ3v) is 2.11. The summed E-state index contributed by atoms with van der Waals surface area (Å²) in [6.45, 7) is 3.06. The van der Waals surface area contributed by atoms with Crippen LogP contribution in [-0.2, 0) is 0 Å². The highest BCUT2D eigenvalue weighted by Gasteiger charge is 2.36. The van der Waals surface area contributed by atoms with Crippen LogP contribution in [-0.4, -0.2) is 38.8 Å². The van der Waals surface area contributed by atoms with Crippen LogP contribution in [0.15, 0.2) is 41.5 Å². The summed E-state index contributed by atoms with van der Waals surface area (Å²) < 4.78 is 38.1. The van der Waals surface area contributed by atoms with Crippen LogP contribution in [0.2, 0.25) is 0 Å². The number of hydrogen-bond donors (Lipinski definition) is 0. The van der Waals surface area contributed by atoms with Crippen molar-refractivity contribution in [2.24, 2.45) is 5.10 Å². The summed E-state index contributed by atoms with van der Waals surface area (Å²) in [6.07, 6.45) is -4.52. The summed E-state index contributed by atoms with van der Waals surface area (Å²) in [6, 6.07) is 6.00. The molecule has 0 aromatic heterocycles. The zero-order chi connectivity index (χ0) is 13.9. The van der Waals surface area contributed by atoms with Gasteiger partial charge in [-0.25, -0.2) is 0 Å². The van der Waals surface area contributed by atoms with Gasteiger partial charge in [0.15, 0.2) is 0 Å². The molecule has 1 aromatic rings. The molecule has 6 heteroatoms. The number of allylic oxidation sites excluding steroid dienone is 1. The molecule has 0 saturated heterocycles. The maximum absolute atomic E-state index is 12.7. The Morgan fingerprint density at radius 3 is 2.11 bits per heavy atom. The van der Waals surface area contributed by atoms with E-state index in [9.17, 15) is 13.2 Å². The number of nitrogens with zero attached hydrogens (tertiary/aromatic N) is 2. The molecular weight excluding hydrogens is 240 g/mol. The third kappa shape index (κ3) is 3.65. The molecule has 0 spiro atoms. The Morgan fingerprint density at radius 2 is 1.72 bits per heavy atom. The second kappa shape index (κ2) is 5.29. The largest absolute Gasteiger partial charge is 0.417 e. The van der Waals surface area contributed by atoms with E-state index in [2.05, 4.69) is 11.7 Å². The van der Waals surface area contributed by atoms with Crippen molar-refractivity contribution in [1.29, 1.82) is 0 Å². The van der Waals surface area contributed by atoms with Gasteiger partial charge in [0.05, 0.1) is 5.57 Å². The minimum atomic E-state index is -4.52. The summed E-state index contributed by atoms with van der Waals surface area (Å²) in [7, 11) is 8.58. The molecule has 2 radical (unpaired) electrons. The van der Waals surface area contributed by atoms with Gasteiger partial charge in [-0.2, -0.15) is 18.3 Å². The smallest absolute Gasteiger partial charge is 0.303 e. The van der Waals surface area contributed by atoms with Crippen molar-refractivity contribution in [2.75, 3.05) is 14.1 Å². The van der Waals surface area contributed by atoms with Crippen LogP contribution in [0.4, 0.5) is 13.2 Å². The van der Waals surface area contributed by atoms with E-state index in [1.54, 1.807) is 14.1 Å². The van der Waals surface area contributed by atoms with Gasteiger partial charge in [0.25, 0.3) is 0 Å². The second-order valence-corrected chi connectivity index (χ2v) is 3.89. The molecule has 0 heterocycles. The summed E-state index contributed by atoms with van der Waals surface area (Å²) in [4.78, 5) is 0. The lowest BCUT2D eigenvalue weighted by molar-refractivity contribution is -0.0857. The minimum absolute atomic E-state index is 0.215. The number of alkyl halides is 3. The average Bonchev–Trinajstić information content (AvgIpc) is 2.25. The first-order chi connectivity index (χ1) is 8.21. The monoisotopic (exact) mass is 252 g/mol. The van der Waals surface area contributed by atoms with E-state index in [0.29, 0.717) is 11.0 Å². The van der Waals surface area contributed by atoms with Gasteiger partial charge in [0.2, 0.25) is 0 Å². The maximum Gasteiger partial charge on any atom is 0.417 e. The molecule has 0 fully saturated rings. The average molecular weight is 252 g/mol. The number of halogens is 3. The fraction of sp³-hybridized carbons (Fsp3) is 0.250. The number of hydrogen-bond acceptors (Lipinski definition) is 2. The Hall–Kier alpha value is -1.72. The van der Waals surface area contributed by atoms with Gasteiger partial charge in [-0.05, 0) is 0 Å². The first-order valence-electron chi connectivity index (χ1n) is 5.10. The SMILES string of the molecule is [B]c1ccc(/C(=N\N(C)C)C(=C)C(F)(F)F)cc1. The minimum Gasteiger partial charge on any atom is -0.303 e. The standard InChI is InChI=1S/C12H12BF3N2/c1-8(12(14,15)16)11(17-18(2)3)9-4-6-10(13)7-5-9/h4-7H,1H2,2-3H3/b17-11-. The second-order valence-electron chi connectivity index (χ2n) is 3.89. The Morgan fingerprint density at radius 1 is 1.22 bits per heavy atom. The zero-order valence-corrected chi connectivity index (χ0v) is 10.1. The van der Waals surface area contributed by atoms with Crippen LogP contribution in [0, 0.1) is 0 Å². The van der Waals surface area contributed by atoms with E-state index in [4.69, 9.17) is 7.85 Å². The van der Waals surface area contributed by atoms with E-state index in [1.807, 2.05) is 0 Å². The molecule has 18 heavy (non-hydrogen) atoms. The summed E-state index contributed by atoms with van der Waals surface area (Å²) in [5.74, 6) is 0. The van der Waals surface area contributed by atoms with Crippen molar-refractivity contribution in [1.82, 2.24) is 5.01 Å². The van der Waals surface area contributed by atoms with Crippen molar-refractivity contribution in [3.8, 4) is 0 Å². The third-order valence-electron chi connectivity index (χ3n) is 2.11. The van der Waals surface area contributed by atoms with Gasteiger partial charge in [-0.3, -0.25) is 0 Å². The van der Waals surface area contributed by atoms with Gasteiger partial charge < -0.3 is 5.01 Å². The molecule has 0 saturated carbocycles. The predicted octanol–water partition coefficient (Wildman–Crippen LogP) is 1.86. The van der Waals surface area contributed by atoms with Crippen molar-refractivity contribution in [3.05, 3.63) is 42.0 Å². The molecule has 0 aliphatic carbocycles. The Bertz CT molecular complexity index is 461. The summed E-state index contributed by atoms with van der Waals surface area (Å²) in [5.41, 5.74) is -0.408. The molecule has 0 amide bonds. The van der Waals surface area contributed by atoms with E-state index in [0.717, 1.165) is 0 Å². The number of benzene rings is 1. The molecule has 0 N–H and O–H groups in total.